The number of hydrogen-bond acceptors (Lipinski definition) is 3. The molecule has 0 saturated carbocycles. The number of hydrogen-bond donors (Lipinski definition) is 1. The lowest BCUT2D eigenvalue weighted by Gasteiger charge is -2.15. The molecule has 1 heterocycles. The van der Waals surface area contributed by atoms with E-state index in [-0.39, 0.29) is 11.9 Å². The van der Waals surface area contributed by atoms with Gasteiger partial charge >= 0.3 is 0 Å². The molecule has 14 heavy (non-hydrogen) atoms. The zero-order valence-electron chi connectivity index (χ0n) is 8.53. The lowest BCUT2D eigenvalue weighted by Crippen LogP contribution is -2.29. The average Bonchev–Trinajstić information content (AvgIpc) is 2.47. The molecule has 1 unspecified atom stereocenters. The van der Waals surface area contributed by atoms with Gasteiger partial charge in [0, 0.05) is 18.5 Å². The van der Waals surface area contributed by atoms with Crippen molar-refractivity contribution in [1.29, 1.82) is 0 Å². The molecule has 1 aliphatic heterocycles. The third-order valence-corrected chi connectivity index (χ3v) is 2.38. The second kappa shape index (κ2) is 3.50. The summed E-state index contributed by atoms with van der Waals surface area (Å²) >= 11 is 0. The zero-order valence-corrected chi connectivity index (χ0v) is 8.53. The Kier molecular flexibility index (Phi) is 2.33. The van der Waals surface area contributed by atoms with Crippen molar-refractivity contribution in [2.24, 2.45) is 0 Å². The molecule has 3 heteroatoms. The first kappa shape index (κ1) is 9.34. The summed E-state index contributed by atoms with van der Waals surface area (Å²) in [6, 6.07) is 5.52. The van der Waals surface area contributed by atoms with Gasteiger partial charge in [-0.15, -0.1) is 0 Å². The Hall–Kier alpha value is -1.22. The Labute approximate surface area is 83.9 Å². The highest BCUT2D eigenvalue weighted by Crippen LogP contribution is 2.36. The van der Waals surface area contributed by atoms with E-state index in [1.54, 1.807) is 6.07 Å². The number of ether oxygens (including phenoxy) is 1. The summed E-state index contributed by atoms with van der Waals surface area (Å²) in [4.78, 5) is 2.09. The lowest BCUT2D eigenvalue weighted by molar-refractivity contribution is 0.180. The van der Waals surface area contributed by atoms with Crippen LogP contribution in [-0.4, -0.2) is 36.8 Å². The molecule has 2 rings (SSSR count). The van der Waals surface area contributed by atoms with Gasteiger partial charge in [0.05, 0.1) is 0 Å². The fourth-order valence-electron chi connectivity index (χ4n) is 1.83. The highest BCUT2D eigenvalue weighted by molar-refractivity contribution is 5.48. The van der Waals surface area contributed by atoms with Gasteiger partial charge in [0.2, 0.25) is 0 Å². The number of benzene rings is 1. The Morgan fingerprint density at radius 2 is 2.29 bits per heavy atom. The number of likely N-dealkylation sites (N-methyl/N-ethyl adjacent to an activating group) is 1. The minimum atomic E-state index is 0.174. The average molecular weight is 193 g/mol. The van der Waals surface area contributed by atoms with Crippen LogP contribution in [0.25, 0.3) is 0 Å². The van der Waals surface area contributed by atoms with E-state index in [0.29, 0.717) is 5.75 Å². The third-order valence-electron chi connectivity index (χ3n) is 2.38. The van der Waals surface area contributed by atoms with Crippen LogP contribution in [0.2, 0.25) is 0 Å². The van der Waals surface area contributed by atoms with Crippen molar-refractivity contribution in [2.45, 2.75) is 12.5 Å². The van der Waals surface area contributed by atoms with Gasteiger partial charge in [0.25, 0.3) is 0 Å². The van der Waals surface area contributed by atoms with Crippen LogP contribution in [0.3, 0.4) is 0 Å². The number of aromatic hydroxyl groups is 1. The largest absolute Gasteiger partial charge is 0.504 e. The summed E-state index contributed by atoms with van der Waals surface area (Å²) in [7, 11) is 4.04. The molecular weight excluding hydrogens is 178 g/mol. The maximum absolute atomic E-state index is 9.54. The van der Waals surface area contributed by atoms with Crippen molar-refractivity contribution >= 4 is 0 Å². The Bertz CT molecular complexity index is 336. The molecule has 1 aromatic carbocycles. The molecule has 1 atom stereocenters. The summed E-state index contributed by atoms with van der Waals surface area (Å²) in [5.74, 6) is 0.920. The molecule has 1 N–H and O–H groups in total. The molecule has 0 radical (unpaired) electrons. The Balaban J connectivity index is 2.14. The standard InChI is InChI=1S/C11H15NO2/c1-12(2)7-9-6-8-4-3-5-10(13)11(8)14-9/h3-5,9,13H,6-7H2,1-2H3. The van der Waals surface area contributed by atoms with Gasteiger partial charge < -0.3 is 14.7 Å². The van der Waals surface area contributed by atoms with Crippen molar-refractivity contribution in [3.8, 4) is 11.5 Å². The quantitative estimate of drug-likeness (QED) is 0.767. The van der Waals surface area contributed by atoms with Gasteiger partial charge in [-0.3, -0.25) is 0 Å². The summed E-state index contributed by atoms with van der Waals surface area (Å²) in [6.45, 7) is 0.883. The minimum absolute atomic E-state index is 0.174. The first-order valence-corrected chi connectivity index (χ1v) is 4.79. The fourth-order valence-corrected chi connectivity index (χ4v) is 1.83. The van der Waals surface area contributed by atoms with Gasteiger partial charge in [0.1, 0.15) is 6.10 Å². The molecular formula is C11H15NO2. The van der Waals surface area contributed by atoms with Crippen LogP contribution < -0.4 is 4.74 Å². The van der Waals surface area contributed by atoms with Crippen molar-refractivity contribution < 1.29 is 9.84 Å². The SMILES string of the molecule is CN(C)CC1Cc2cccc(O)c2O1. The maximum Gasteiger partial charge on any atom is 0.164 e. The van der Waals surface area contributed by atoms with Gasteiger partial charge in [-0.2, -0.15) is 0 Å². The third kappa shape index (κ3) is 1.68. The second-order valence-corrected chi connectivity index (χ2v) is 3.97. The maximum atomic E-state index is 9.54. The normalized spacial score (nSPS) is 19.5. The molecule has 0 bridgehead atoms. The number of nitrogens with zero attached hydrogens (tertiary/aromatic N) is 1. The van der Waals surface area contributed by atoms with E-state index in [1.807, 2.05) is 26.2 Å². The molecule has 76 valence electrons. The van der Waals surface area contributed by atoms with E-state index < -0.39 is 0 Å². The van der Waals surface area contributed by atoms with Crippen molar-refractivity contribution in [3.05, 3.63) is 23.8 Å². The molecule has 3 nitrogen and oxygen atoms in total. The topological polar surface area (TPSA) is 32.7 Å². The summed E-state index contributed by atoms with van der Waals surface area (Å²) in [6.07, 6.45) is 1.07. The van der Waals surface area contributed by atoms with E-state index in [0.717, 1.165) is 18.5 Å². The number of phenols is 1. The van der Waals surface area contributed by atoms with Crippen LogP contribution in [0.5, 0.6) is 11.5 Å². The van der Waals surface area contributed by atoms with Crippen LogP contribution in [0.4, 0.5) is 0 Å². The van der Waals surface area contributed by atoms with Crippen LogP contribution in [0.1, 0.15) is 5.56 Å². The van der Waals surface area contributed by atoms with Gasteiger partial charge in [-0.25, -0.2) is 0 Å². The van der Waals surface area contributed by atoms with Crippen molar-refractivity contribution in [1.82, 2.24) is 4.90 Å². The van der Waals surface area contributed by atoms with E-state index >= 15 is 0 Å². The lowest BCUT2D eigenvalue weighted by atomic mass is 10.1. The molecule has 0 aromatic heterocycles. The first-order chi connectivity index (χ1) is 6.66. The summed E-state index contributed by atoms with van der Waals surface area (Å²) < 4.78 is 5.66. The monoisotopic (exact) mass is 193 g/mol. The van der Waals surface area contributed by atoms with E-state index in [9.17, 15) is 5.11 Å². The zero-order chi connectivity index (χ0) is 10.1. The molecule has 1 aromatic rings. The molecule has 0 fully saturated rings. The minimum Gasteiger partial charge on any atom is -0.504 e. The van der Waals surface area contributed by atoms with Crippen LogP contribution in [0.15, 0.2) is 18.2 Å². The molecule has 0 saturated heterocycles. The number of fused-ring (bicyclic) bond motifs is 1. The van der Waals surface area contributed by atoms with Gasteiger partial charge in [0.15, 0.2) is 11.5 Å². The van der Waals surface area contributed by atoms with E-state index in [4.69, 9.17) is 4.74 Å². The smallest absolute Gasteiger partial charge is 0.164 e. The molecule has 0 amide bonds. The number of rotatable bonds is 2. The van der Waals surface area contributed by atoms with Crippen LogP contribution in [0, 0.1) is 0 Å². The van der Waals surface area contributed by atoms with Gasteiger partial charge in [-0.1, -0.05) is 12.1 Å². The highest BCUT2D eigenvalue weighted by atomic mass is 16.5. The molecule has 0 aliphatic carbocycles. The van der Waals surface area contributed by atoms with Crippen molar-refractivity contribution in [2.75, 3.05) is 20.6 Å². The first-order valence-electron chi connectivity index (χ1n) is 4.79. The van der Waals surface area contributed by atoms with Crippen molar-refractivity contribution in [3.63, 3.8) is 0 Å². The predicted octanol–water partition coefficient (Wildman–Crippen LogP) is 1.26. The summed E-state index contributed by atoms with van der Waals surface area (Å²) in [5.41, 5.74) is 1.11. The molecule has 0 spiro atoms. The fraction of sp³-hybridized carbons (Fsp3) is 0.455. The summed E-state index contributed by atoms with van der Waals surface area (Å²) in [5, 5.41) is 9.54. The number of para-hydroxylation sites is 1. The number of phenolic OH excluding ortho intramolecular Hbond substituents is 1. The molecule has 1 aliphatic rings. The van der Waals surface area contributed by atoms with Crippen LogP contribution in [-0.2, 0) is 6.42 Å². The van der Waals surface area contributed by atoms with Crippen LogP contribution >= 0.6 is 0 Å². The predicted molar refractivity (Wildman–Crippen MR) is 54.8 cm³/mol. The Morgan fingerprint density at radius 1 is 1.50 bits per heavy atom. The van der Waals surface area contributed by atoms with E-state index in [1.165, 1.54) is 0 Å². The highest BCUT2D eigenvalue weighted by Gasteiger charge is 2.25. The Morgan fingerprint density at radius 3 is 2.93 bits per heavy atom. The second-order valence-electron chi connectivity index (χ2n) is 3.97. The van der Waals surface area contributed by atoms with Gasteiger partial charge in [-0.05, 0) is 20.2 Å². The van der Waals surface area contributed by atoms with E-state index in [2.05, 4.69) is 4.90 Å².